The van der Waals surface area contributed by atoms with Gasteiger partial charge >= 0.3 is 0 Å². The van der Waals surface area contributed by atoms with Gasteiger partial charge in [-0.05, 0) is 30.2 Å². The first-order chi connectivity index (χ1) is 8.32. The fourth-order valence-electron chi connectivity index (χ4n) is 1.86. The molecule has 18 heavy (non-hydrogen) atoms. The molecule has 5 heteroatoms. The summed E-state index contributed by atoms with van der Waals surface area (Å²) in [4.78, 5) is 0. The van der Waals surface area contributed by atoms with Crippen LogP contribution < -0.4 is 0 Å². The van der Waals surface area contributed by atoms with Crippen LogP contribution in [0.3, 0.4) is 0 Å². The normalized spacial score (nSPS) is 11.9. The molecule has 0 atom stereocenters. The van der Waals surface area contributed by atoms with Gasteiger partial charge in [-0.2, -0.15) is 0 Å². The number of benzene rings is 1. The summed E-state index contributed by atoms with van der Waals surface area (Å²) in [6.45, 7) is 7.79. The summed E-state index contributed by atoms with van der Waals surface area (Å²) in [6.07, 6.45) is 0. The Morgan fingerprint density at radius 1 is 1.22 bits per heavy atom. The van der Waals surface area contributed by atoms with Gasteiger partial charge in [0.2, 0.25) is 5.28 Å². The molecular formula is C13H15ClFN3. The van der Waals surface area contributed by atoms with Crippen LogP contribution in [0.1, 0.15) is 32.2 Å². The number of para-hydroxylation sites is 1. The predicted octanol–water partition coefficient (Wildman–Crippen LogP) is 3.67. The molecule has 2 aromatic rings. The zero-order chi connectivity index (χ0) is 13.5. The summed E-state index contributed by atoms with van der Waals surface area (Å²) < 4.78 is 15.6. The first-order valence-electron chi connectivity index (χ1n) is 5.69. The number of rotatable bonds is 1. The molecule has 0 radical (unpaired) electrons. The molecule has 0 aliphatic carbocycles. The molecule has 1 aromatic carbocycles. The molecule has 0 saturated carbocycles. The van der Waals surface area contributed by atoms with Gasteiger partial charge in [-0.1, -0.05) is 32.9 Å². The van der Waals surface area contributed by atoms with E-state index in [1.54, 1.807) is 10.6 Å². The van der Waals surface area contributed by atoms with Gasteiger partial charge in [-0.25, -0.2) is 4.39 Å². The largest absolute Gasteiger partial charge is 0.266 e. The van der Waals surface area contributed by atoms with E-state index >= 15 is 0 Å². The highest BCUT2D eigenvalue weighted by Crippen LogP contribution is 2.29. The minimum Gasteiger partial charge on any atom is -0.266 e. The molecular weight excluding hydrogens is 253 g/mol. The lowest BCUT2D eigenvalue weighted by atomic mass is 9.95. The van der Waals surface area contributed by atoms with Crippen LogP contribution in [0.25, 0.3) is 5.69 Å². The van der Waals surface area contributed by atoms with Crippen molar-refractivity contribution in [1.82, 2.24) is 14.8 Å². The topological polar surface area (TPSA) is 30.7 Å². The SMILES string of the molecule is Cc1cccc(F)c1-n1c(Cl)nnc1C(C)(C)C. The molecule has 2 rings (SSSR count). The summed E-state index contributed by atoms with van der Waals surface area (Å²) in [6, 6.07) is 4.91. The van der Waals surface area contributed by atoms with E-state index in [1.807, 2.05) is 33.8 Å². The van der Waals surface area contributed by atoms with E-state index in [-0.39, 0.29) is 16.5 Å². The number of halogens is 2. The van der Waals surface area contributed by atoms with Crippen molar-refractivity contribution in [2.24, 2.45) is 0 Å². The average Bonchev–Trinajstić information content (AvgIpc) is 2.60. The van der Waals surface area contributed by atoms with Crippen molar-refractivity contribution in [1.29, 1.82) is 0 Å². The Hall–Kier alpha value is -1.42. The van der Waals surface area contributed by atoms with Gasteiger partial charge in [0.1, 0.15) is 11.6 Å². The van der Waals surface area contributed by atoms with E-state index < -0.39 is 0 Å². The van der Waals surface area contributed by atoms with Gasteiger partial charge in [0.15, 0.2) is 0 Å². The van der Waals surface area contributed by atoms with Crippen molar-refractivity contribution in [3.8, 4) is 5.69 Å². The first-order valence-corrected chi connectivity index (χ1v) is 6.07. The molecule has 3 nitrogen and oxygen atoms in total. The maximum atomic E-state index is 14.0. The molecule has 0 bridgehead atoms. The van der Waals surface area contributed by atoms with Crippen molar-refractivity contribution in [3.05, 3.63) is 40.7 Å². The van der Waals surface area contributed by atoms with Gasteiger partial charge in [-0.15, -0.1) is 10.2 Å². The van der Waals surface area contributed by atoms with Crippen LogP contribution >= 0.6 is 11.6 Å². The van der Waals surface area contributed by atoms with Crippen molar-refractivity contribution in [2.75, 3.05) is 0 Å². The highest BCUT2D eigenvalue weighted by Gasteiger charge is 2.26. The number of aryl methyl sites for hydroxylation is 1. The Morgan fingerprint density at radius 3 is 2.44 bits per heavy atom. The van der Waals surface area contributed by atoms with Crippen LogP contribution in [0.2, 0.25) is 5.28 Å². The van der Waals surface area contributed by atoms with Crippen molar-refractivity contribution in [2.45, 2.75) is 33.1 Å². The molecule has 0 aliphatic heterocycles. The van der Waals surface area contributed by atoms with Crippen LogP contribution in [0.4, 0.5) is 4.39 Å². The molecule has 0 N–H and O–H groups in total. The van der Waals surface area contributed by atoms with Crippen molar-refractivity contribution in [3.63, 3.8) is 0 Å². The summed E-state index contributed by atoms with van der Waals surface area (Å²) in [5.74, 6) is 0.308. The minimum absolute atomic E-state index is 0.174. The second kappa shape index (κ2) is 4.35. The van der Waals surface area contributed by atoms with E-state index in [4.69, 9.17) is 11.6 Å². The third-order valence-electron chi connectivity index (χ3n) is 2.71. The van der Waals surface area contributed by atoms with Gasteiger partial charge in [0.05, 0.1) is 5.69 Å². The highest BCUT2D eigenvalue weighted by molar-refractivity contribution is 6.28. The summed E-state index contributed by atoms with van der Waals surface area (Å²) in [5.41, 5.74) is 0.939. The van der Waals surface area contributed by atoms with E-state index in [0.29, 0.717) is 11.5 Å². The second-order valence-electron chi connectivity index (χ2n) is 5.28. The molecule has 0 amide bonds. The van der Waals surface area contributed by atoms with Crippen LogP contribution in [0.15, 0.2) is 18.2 Å². The van der Waals surface area contributed by atoms with E-state index in [2.05, 4.69) is 10.2 Å². The van der Waals surface area contributed by atoms with Crippen LogP contribution in [0.5, 0.6) is 0 Å². The Labute approximate surface area is 111 Å². The molecule has 1 heterocycles. The Kier molecular flexibility index (Phi) is 3.15. The minimum atomic E-state index is -0.331. The standard InChI is InChI=1S/C13H15ClFN3/c1-8-6-5-7-9(15)10(8)18-11(13(2,3)4)16-17-12(18)14/h5-7H,1-4H3. The maximum Gasteiger partial charge on any atom is 0.229 e. The lowest BCUT2D eigenvalue weighted by Crippen LogP contribution is -2.19. The third kappa shape index (κ3) is 2.12. The fourth-order valence-corrected chi connectivity index (χ4v) is 2.06. The van der Waals surface area contributed by atoms with Crippen molar-refractivity contribution >= 4 is 11.6 Å². The second-order valence-corrected chi connectivity index (χ2v) is 5.62. The Bertz CT molecular complexity index is 564. The molecule has 0 spiro atoms. The molecule has 0 saturated heterocycles. The lowest BCUT2D eigenvalue weighted by molar-refractivity contribution is 0.526. The monoisotopic (exact) mass is 267 g/mol. The van der Waals surface area contributed by atoms with E-state index in [0.717, 1.165) is 5.56 Å². The van der Waals surface area contributed by atoms with Crippen LogP contribution in [-0.2, 0) is 5.41 Å². The lowest BCUT2D eigenvalue weighted by Gasteiger charge is -2.20. The summed E-state index contributed by atoms with van der Waals surface area (Å²) >= 11 is 6.05. The molecule has 0 unspecified atom stereocenters. The molecule has 0 aliphatic rings. The summed E-state index contributed by atoms with van der Waals surface area (Å²) in [5, 5.41) is 8.09. The number of hydrogen-bond acceptors (Lipinski definition) is 2. The smallest absolute Gasteiger partial charge is 0.229 e. The fraction of sp³-hybridized carbons (Fsp3) is 0.385. The molecule has 0 fully saturated rings. The number of hydrogen-bond donors (Lipinski definition) is 0. The summed E-state index contributed by atoms with van der Waals surface area (Å²) in [7, 11) is 0. The average molecular weight is 268 g/mol. The third-order valence-corrected chi connectivity index (χ3v) is 2.95. The Morgan fingerprint density at radius 2 is 1.89 bits per heavy atom. The zero-order valence-electron chi connectivity index (χ0n) is 10.8. The van der Waals surface area contributed by atoms with Gasteiger partial charge in [0, 0.05) is 5.41 Å². The predicted molar refractivity (Wildman–Crippen MR) is 69.8 cm³/mol. The van der Waals surface area contributed by atoms with Gasteiger partial charge < -0.3 is 0 Å². The van der Waals surface area contributed by atoms with Crippen LogP contribution in [-0.4, -0.2) is 14.8 Å². The quantitative estimate of drug-likeness (QED) is 0.789. The van der Waals surface area contributed by atoms with Crippen molar-refractivity contribution < 1.29 is 4.39 Å². The molecule has 1 aromatic heterocycles. The van der Waals surface area contributed by atoms with Gasteiger partial charge in [0.25, 0.3) is 0 Å². The maximum absolute atomic E-state index is 14.0. The first kappa shape index (κ1) is 13.0. The van der Waals surface area contributed by atoms with Gasteiger partial charge in [-0.3, -0.25) is 4.57 Å². The molecule has 96 valence electrons. The highest BCUT2D eigenvalue weighted by atomic mass is 35.5. The number of nitrogens with zero attached hydrogens (tertiary/aromatic N) is 3. The Balaban J connectivity index is 2.76. The van der Waals surface area contributed by atoms with E-state index in [1.165, 1.54) is 6.07 Å². The van der Waals surface area contributed by atoms with Crippen LogP contribution in [0, 0.1) is 12.7 Å². The number of aromatic nitrogens is 3. The zero-order valence-corrected chi connectivity index (χ0v) is 11.6. The van der Waals surface area contributed by atoms with E-state index in [9.17, 15) is 4.39 Å².